The molecule has 1 heterocycles. The number of aromatic nitrogens is 2. The average Bonchev–Trinajstić information content (AvgIpc) is 2.43. The molecule has 2 rings (SSSR count). The molecule has 0 saturated carbocycles. The molecule has 3 N–H and O–H groups in total. The van der Waals surface area contributed by atoms with E-state index in [1.165, 1.54) is 5.56 Å². The summed E-state index contributed by atoms with van der Waals surface area (Å²) >= 11 is 0. The Morgan fingerprint density at radius 2 is 1.57 bits per heavy atom. The monoisotopic (exact) mass is 313 g/mol. The van der Waals surface area contributed by atoms with Crippen LogP contribution in [0.5, 0.6) is 0 Å². The predicted octanol–water partition coefficient (Wildman–Crippen LogP) is 3.68. The predicted molar refractivity (Wildman–Crippen MR) is 93.3 cm³/mol. The second kappa shape index (κ2) is 7.09. The van der Waals surface area contributed by atoms with Crippen molar-refractivity contribution < 1.29 is 4.79 Å². The number of amides is 2. The molecule has 2 amide bonds. The van der Waals surface area contributed by atoms with Crippen molar-refractivity contribution in [2.75, 3.05) is 10.6 Å². The van der Waals surface area contributed by atoms with Crippen LogP contribution in [0.4, 0.5) is 22.1 Å². The molecule has 0 atom stereocenters. The van der Waals surface area contributed by atoms with Gasteiger partial charge in [0.2, 0.25) is 0 Å². The molecule has 6 heteroatoms. The van der Waals surface area contributed by atoms with Crippen LogP contribution in [0.25, 0.3) is 0 Å². The van der Waals surface area contributed by atoms with Crippen molar-refractivity contribution in [2.24, 2.45) is 0 Å². The highest BCUT2D eigenvalue weighted by molar-refractivity contribution is 5.88. The van der Waals surface area contributed by atoms with Crippen LogP contribution in [0.2, 0.25) is 0 Å². The Bertz CT molecular complexity index is 672. The number of carbonyl (C=O) groups is 1. The minimum atomic E-state index is -0.291. The summed E-state index contributed by atoms with van der Waals surface area (Å²) in [4.78, 5) is 11.6. The minimum Gasteiger partial charge on any atom is -0.338 e. The fourth-order valence-electron chi connectivity index (χ4n) is 2.39. The van der Waals surface area contributed by atoms with Crippen LogP contribution >= 0.6 is 0 Å². The number of anilines is 3. The molecule has 23 heavy (non-hydrogen) atoms. The first-order valence-electron chi connectivity index (χ1n) is 7.61. The van der Waals surface area contributed by atoms with Crippen molar-refractivity contribution in [2.45, 2.75) is 40.7 Å². The Labute approximate surface area is 136 Å². The standard InChI is InChI=1S/C17H23N5O/c1-10(2)18-17(23)20-15-7-6-14(21-22-15)19-16-12(4)8-11(3)9-13(16)5/h6-10H,1-5H3,(H,19,21)(H2,18,20,22,23). The molecule has 0 aliphatic heterocycles. The van der Waals surface area contributed by atoms with Gasteiger partial charge in [-0.15, -0.1) is 10.2 Å². The first-order chi connectivity index (χ1) is 10.8. The Morgan fingerprint density at radius 1 is 1.00 bits per heavy atom. The Morgan fingerprint density at radius 3 is 2.09 bits per heavy atom. The number of rotatable bonds is 4. The van der Waals surface area contributed by atoms with E-state index < -0.39 is 0 Å². The van der Waals surface area contributed by atoms with E-state index in [0.29, 0.717) is 11.6 Å². The molecule has 0 radical (unpaired) electrons. The molecule has 0 aliphatic rings. The highest BCUT2D eigenvalue weighted by Crippen LogP contribution is 2.25. The molecule has 2 aromatic rings. The molecule has 122 valence electrons. The van der Waals surface area contributed by atoms with Crippen molar-refractivity contribution in [1.82, 2.24) is 15.5 Å². The molecular weight excluding hydrogens is 290 g/mol. The summed E-state index contributed by atoms with van der Waals surface area (Å²) in [5.41, 5.74) is 4.57. The van der Waals surface area contributed by atoms with Crippen molar-refractivity contribution in [3.8, 4) is 0 Å². The summed E-state index contributed by atoms with van der Waals surface area (Å²) in [5, 5.41) is 16.8. The number of hydrogen-bond donors (Lipinski definition) is 3. The van der Waals surface area contributed by atoms with Gasteiger partial charge in [0.05, 0.1) is 0 Å². The second-order valence-corrected chi connectivity index (χ2v) is 5.96. The maximum absolute atomic E-state index is 11.6. The van der Waals surface area contributed by atoms with Gasteiger partial charge in [0.1, 0.15) is 0 Å². The van der Waals surface area contributed by atoms with E-state index in [1.807, 2.05) is 13.8 Å². The lowest BCUT2D eigenvalue weighted by Gasteiger charge is -2.13. The van der Waals surface area contributed by atoms with Crippen LogP contribution in [0.3, 0.4) is 0 Å². The van der Waals surface area contributed by atoms with Gasteiger partial charge in [-0.2, -0.15) is 0 Å². The zero-order chi connectivity index (χ0) is 17.0. The molecule has 0 fully saturated rings. The maximum atomic E-state index is 11.6. The molecule has 0 aliphatic carbocycles. The SMILES string of the molecule is Cc1cc(C)c(Nc2ccc(NC(=O)NC(C)C)nn2)c(C)c1. The number of benzene rings is 1. The number of nitrogens with one attached hydrogen (secondary N) is 3. The van der Waals surface area contributed by atoms with E-state index in [9.17, 15) is 4.79 Å². The van der Waals surface area contributed by atoms with E-state index >= 15 is 0 Å². The number of carbonyl (C=O) groups excluding carboxylic acids is 1. The molecule has 0 unspecified atom stereocenters. The lowest BCUT2D eigenvalue weighted by molar-refractivity contribution is 0.250. The fraction of sp³-hybridized carbons (Fsp3) is 0.353. The Hall–Kier alpha value is -2.63. The largest absolute Gasteiger partial charge is 0.338 e. The summed E-state index contributed by atoms with van der Waals surface area (Å²) in [6, 6.07) is 7.52. The van der Waals surface area contributed by atoms with Gasteiger partial charge < -0.3 is 10.6 Å². The topological polar surface area (TPSA) is 78.9 Å². The van der Waals surface area contributed by atoms with Gasteiger partial charge in [0, 0.05) is 11.7 Å². The van der Waals surface area contributed by atoms with Crippen molar-refractivity contribution >= 4 is 23.4 Å². The molecule has 0 saturated heterocycles. The average molecular weight is 313 g/mol. The fourth-order valence-corrected chi connectivity index (χ4v) is 2.39. The van der Waals surface area contributed by atoms with Crippen LogP contribution in [0.1, 0.15) is 30.5 Å². The van der Waals surface area contributed by atoms with Crippen LogP contribution in [0.15, 0.2) is 24.3 Å². The third kappa shape index (κ3) is 4.67. The lowest BCUT2D eigenvalue weighted by Crippen LogP contribution is -2.34. The quantitative estimate of drug-likeness (QED) is 0.804. The van der Waals surface area contributed by atoms with Gasteiger partial charge in [-0.3, -0.25) is 5.32 Å². The first-order valence-corrected chi connectivity index (χ1v) is 7.61. The number of nitrogens with zero attached hydrogens (tertiary/aromatic N) is 2. The van der Waals surface area contributed by atoms with Crippen molar-refractivity contribution in [1.29, 1.82) is 0 Å². The van der Waals surface area contributed by atoms with Gasteiger partial charge in [0.15, 0.2) is 11.6 Å². The van der Waals surface area contributed by atoms with E-state index in [0.717, 1.165) is 16.8 Å². The summed E-state index contributed by atoms with van der Waals surface area (Å²) in [6.45, 7) is 9.98. The van der Waals surface area contributed by atoms with Crippen molar-refractivity contribution in [3.05, 3.63) is 41.0 Å². The zero-order valence-electron chi connectivity index (χ0n) is 14.2. The molecule has 6 nitrogen and oxygen atoms in total. The molecule has 1 aromatic heterocycles. The van der Waals surface area contributed by atoms with Crippen LogP contribution < -0.4 is 16.0 Å². The van der Waals surface area contributed by atoms with Crippen LogP contribution in [-0.4, -0.2) is 22.3 Å². The van der Waals surface area contributed by atoms with Gasteiger partial charge in [0.25, 0.3) is 0 Å². The van der Waals surface area contributed by atoms with E-state index in [-0.39, 0.29) is 12.1 Å². The highest BCUT2D eigenvalue weighted by Gasteiger charge is 2.07. The smallest absolute Gasteiger partial charge is 0.320 e. The zero-order valence-corrected chi connectivity index (χ0v) is 14.2. The Balaban J connectivity index is 2.07. The number of aryl methyl sites for hydroxylation is 3. The Kier molecular flexibility index (Phi) is 5.16. The summed E-state index contributed by atoms with van der Waals surface area (Å²) in [6.07, 6.45) is 0. The highest BCUT2D eigenvalue weighted by atomic mass is 16.2. The van der Waals surface area contributed by atoms with Gasteiger partial charge in [-0.25, -0.2) is 4.79 Å². The van der Waals surface area contributed by atoms with Crippen LogP contribution in [0, 0.1) is 20.8 Å². The second-order valence-electron chi connectivity index (χ2n) is 5.96. The maximum Gasteiger partial charge on any atom is 0.320 e. The van der Waals surface area contributed by atoms with Gasteiger partial charge >= 0.3 is 6.03 Å². The van der Waals surface area contributed by atoms with E-state index in [1.54, 1.807) is 12.1 Å². The minimum absolute atomic E-state index is 0.0661. The normalized spacial score (nSPS) is 10.5. The van der Waals surface area contributed by atoms with E-state index in [2.05, 4.69) is 59.1 Å². The van der Waals surface area contributed by atoms with Gasteiger partial charge in [-0.1, -0.05) is 17.7 Å². The summed E-state index contributed by atoms with van der Waals surface area (Å²) in [5.74, 6) is 1.04. The molecule has 0 bridgehead atoms. The number of hydrogen-bond acceptors (Lipinski definition) is 4. The third-order valence-corrected chi connectivity index (χ3v) is 3.26. The third-order valence-electron chi connectivity index (χ3n) is 3.26. The molecule has 0 spiro atoms. The van der Waals surface area contributed by atoms with Crippen LogP contribution in [-0.2, 0) is 0 Å². The molecular formula is C17H23N5O. The summed E-state index contributed by atoms with van der Waals surface area (Å²) < 4.78 is 0. The molecule has 1 aromatic carbocycles. The lowest BCUT2D eigenvalue weighted by atomic mass is 10.1. The van der Waals surface area contributed by atoms with Gasteiger partial charge in [-0.05, 0) is 57.9 Å². The van der Waals surface area contributed by atoms with E-state index in [4.69, 9.17) is 0 Å². The first kappa shape index (κ1) is 16.7. The summed E-state index contributed by atoms with van der Waals surface area (Å²) in [7, 11) is 0. The van der Waals surface area contributed by atoms with Crippen molar-refractivity contribution in [3.63, 3.8) is 0 Å². The number of urea groups is 1.